The summed E-state index contributed by atoms with van der Waals surface area (Å²) < 4.78 is 0. The summed E-state index contributed by atoms with van der Waals surface area (Å²) in [7, 11) is 0. The maximum atomic E-state index is 3.18. The molecule has 1 heterocycles. The van der Waals surface area contributed by atoms with Gasteiger partial charge in [-0.15, -0.1) is 0 Å². The highest BCUT2D eigenvalue weighted by Crippen LogP contribution is 2.22. The lowest BCUT2D eigenvalue weighted by atomic mass is 10.1. The Hall–Kier alpha value is -1.50. The molecular weight excluding hydrogens is 170 g/mol. The highest BCUT2D eigenvalue weighted by Gasteiger charge is 2.12. The van der Waals surface area contributed by atoms with Gasteiger partial charge in [-0.1, -0.05) is 42.5 Å². The van der Waals surface area contributed by atoms with Crippen LogP contribution in [0.1, 0.15) is 18.5 Å². The topological polar surface area (TPSA) is 3.24 Å². The number of hydrogen-bond donors (Lipinski definition) is 0. The van der Waals surface area contributed by atoms with Crippen LogP contribution in [-0.4, -0.2) is 4.90 Å². The van der Waals surface area contributed by atoms with E-state index in [1.165, 1.54) is 5.56 Å². The van der Waals surface area contributed by atoms with Crippen LogP contribution >= 0.6 is 0 Å². The van der Waals surface area contributed by atoms with E-state index in [1.807, 2.05) is 30.5 Å². The van der Waals surface area contributed by atoms with Crippen molar-refractivity contribution in [1.82, 2.24) is 4.90 Å². The van der Waals surface area contributed by atoms with Gasteiger partial charge in [0.15, 0.2) is 0 Å². The fourth-order valence-electron chi connectivity index (χ4n) is 1.50. The van der Waals surface area contributed by atoms with Crippen LogP contribution in [0.15, 0.2) is 54.8 Å². The average Bonchev–Trinajstić information content (AvgIpc) is 2.30. The second-order valence-electron chi connectivity index (χ2n) is 3.32. The summed E-state index contributed by atoms with van der Waals surface area (Å²) in [6.45, 7) is 5.36. The highest BCUT2D eigenvalue weighted by molar-refractivity contribution is 5.22. The van der Waals surface area contributed by atoms with E-state index in [9.17, 15) is 0 Å². The van der Waals surface area contributed by atoms with Gasteiger partial charge in [-0.3, -0.25) is 0 Å². The lowest BCUT2D eigenvalue weighted by molar-refractivity contribution is 0.371. The Bertz CT molecular complexity index is 338. The minimum absolute atomic E-state index is 0.345. The molecule has 2 rings (SSSR count). The molecule has 1 aromatic rings. The molecule has 1 unspecified atom stereocenters. The van der Waals surface area contributed by atoms with Gasteiger partial charge < -0.3 is 4.90 Å². The number of nitrogens with zero attached hydrogens (tertiary/aromatic N) is 1. The summed E-state index contributed by atoms with van der Waals surface area (Å²) in [5.41, 5.74) is 1.31. The summed E-state index contributed by atoms with van der Waals surface area (Å²) >= 11 is 0. The SMILES string of the molecule is CC(c1ccccc1)N1[C]C=CC=C1. The zero-order chi connectivity index (χ0) is 9.80. The van der Waals surface area contributed by atoms with Crippen LogP contribution in [0.2, 0.25) is 0 Å². The van der Waals surface area contributed by atoms with Gasteiger partial charge in [0.1, 0.15) is 6.54 Å². The number of benzene rings is 1. The Kier molecular flexibility index (Phi) is 2.68. The fourth-order valence-corrected chi connectivity index (χ4v) is 1.50. The van der Waals surface area contributed by atoms with E-state index in [-0.39, 0.29) is 0 Å². The first-order valence-corrected chi connectivity index (χ1v) is 4.81. The Morgan fingerprint density at radius 2 is 1.93 bits per heavy atom. The molecule has 0 N–H and O–H groups in total. The van der Waals surface area contributed by atoms with Gasteiger partial charge >= 0.3 is 0 Å². The van der Waals surface area contributed by atoms with Crippen LogP contribution in [0.3, 0.4) is 0 Å². The molecule has 0 fully saturated rings. The molecule has 0 spiro atoms. The Morgan fingerprint density at radius 3 is 2.57 bits per heavy atom. The Balaban J connectivity index is 2.12. The molecule has 0 aromatic heterocycles. The van der Waals surface area contributed by atoms with E-state index in [2.05, 4.69) is 42.6 Å². The Labute approximate surface area is 85.4 Å². The van der Waals surface area contributed by atoms with Crippen molar-refractivity contribution in [3.05, 3.63) is 66.9 Å². The predicted molar refractivity (Wildman–Crippen MR) is 58.2 cm³/mol. The standard InChI is InChI=1S/C13H13N/c1-12(13-8-4-2-5-9-13)14-10-6-3-7-11-14/h2-10,12H,1H3. The first-order chi connectivity index (χ1) is 6.88. The van der Waals surface area contributed by atoms with Crippen LogP contribution in [0.4, 0.5) is 0 Å². The molecule has 1 atom stereocenters. The van der Waals surface area contributed by atoms with Crippen molar-refractivity contribution in [1.29, 1.82) is 0 Å². The zero-order valence-corrected chi connectivity index (χ0v) is 8.22. The van der Waals surface area contributed by atoms with Crippen LogP contribution in [0, 0.1) is 6.54 Å². The molecule has 14 heavy (non-hydrogen) atoms. The monoisotopic (exact) mass is 183 g/mol. The largest absolute Gasteiger partial charge is 0.356 e. The molecular formula is C13H13N. The number of hydrogen-bond acceptors (Lipinski definition) is 1. The molecule has 1 aliphatic heterocycles. The van der Waals surface area contributed by atoms with Gasteiger partial charge in [0.2, 0.25) is 0 Å². The van der Waals surface area contributed by atoms with E-state index in [0.29, 0.717) is 6.04 Å². The van der Waals surface area contributed by atoms with Crippen LogP contribution < -0.4 is 0 Å². The molecule has 1 nitrogen and oxygen atoms in total. The van der Waals surface area contributed by atoms with Crippen LogP contribution in [0.5, 0.6) is 0 Å². The maximum absolute atomic E-state index is 3.18. The zero-order valence-electron chi connectivity index (χ0n) is 8.22. The first-order valence-electron chi connectivity index (χ1n) is 4.81. The van der Waals surface area contributed by atoms with E-state index in [4.69, 9.17) is 0 Å². The molecule has 2 radical (unpaired) electrons. The third kappa shape index (κ3) is 1.87. The fraction of sp³-hybridized carbons (Fsp3) is 0.154. The second kappa shape index (κ2) is 4.14. The third-order valence-electron chi connectivity index (χ3n) is 2.38. The van der Waals surface area contributed by atoms with Crippen molar-refractivity contribution >= 4 is 0 Å². The van der Waals surface area contributed by atoms with E-state index in [0.717, 1.165) is 0 Å². The maximum Gasteiger partial charge on any atom is 0.118 e. The van der Waals surface area contributed by atoms with Crippen molar-refractivity contribution in [2.24, 2.45) is 0 Å². The molecule has 1 aliphatic rings. The summed E-state index contributed by atoms with van der Waals surface area (Å²) in [5.74, 6) is 0. The van der Waals surface area contributed by atoms with Gasteiger partial charge in [-0.2, -0.15) is 0 Å². The first kappa shape index (κ1) is 9.07. The molecule has 1 heteroatoms. The summed E-state index contributed by atoms with van der Waals surface area (Å²) in [6.07, 6.45) is 7.97. The molecule has 0 amide bonds. The van der Waals surface area contributed by atoms with Gasteiger partial charge in [-0.05, 0) is 18.6 Å². The van der Waals surface area contributed by atoms with Gasteiger partial charge in [0, 0.05) is 6.20 Å². The lowest BCUT2D eigenvalue weighted by Crippen LogP contribution is -2.18. The van der Waals surface area contributed by atoms with E-state index < -0.39 is 0 Å². The van der Waals surface area contributed by atoms with Crippen LogP contribution in [0.25, 0.3) is 0 Å². The summed E-state index contributed by atoms with van der Waals surface area (Å²) in [5, 5.41) is 0. The average molecular weight is 183 g/mol. The lowest BCUT2D eigenvalue weighted by Gasteiger charge is -2.27. The van der Waals surface area contributed by atoms with Crippen molar-refractivity contribution < 1.29 is 0 Å². The highest BCUT2D eigenvalue weighted by atomic mass is 15.1. The van der Waals surface area contributed by atoms with Crippen molar-refractivity contribution in [2.45, 2.75) is 13.0 Å². The Morgan fingerprint density at radius 1 is 1.14 bits per heavy atom. The normalized spacial score (nSPS) is 17.1. The molecule has 0 bridgehead atoms. The van der Waals surface area contributed by atoms with E-state index >= 15 is 0 Å². The van der Waals surface area contributed by atoms with Crippen LogP contribution in [-0.2, 0) is 0 Å². The van der Waals surface area contributed by atoms with Crippen molar-refractivity contribution in [3.8, 4) is 0 Å². The molecule has 0 saturated carbocycles. The minimum atomic E-state index is 0.345. The summed E-state index contributed by atoms with van der Waals surface area (Å²) in [4.78, 5) is 2.08. The quantitative estimate of drug-likeness (QED) is 0.680. The molecule has 0 aliphatic carbocycles. The van der Waals surface area contributed by atoms with Crippen molar-refractivity contribution in [3.63, 3.8) is 0 Å². The van der Waals surface area contributed by atoms with Gasteiger partial charge in [0.05, 0.1) is 6.04 Å². The summed E-state index contributed by atoms with van der Waals surface area (Å²) in [6, 6.07) is 10.8. The molecule has 70 valence electrons. The number of rotatable bonds is 2. The van der Waals surface area contributed by atoms with Gasteiger partial charge in [-0.25, -0.2) is 0 Å². The molecule has 0 saturated heterocycles. The van der Waals surface area contributed by atoms with E-state index in [1.54, 1.807) is 0 Å². The van der Waals surface area contributed by atoms with Crippen molar-refractivity contribution in [2.75, 3.05) is 0 Å². The van der Waals surface area contributed by atoms with Gasteiger partial charge in [0.25, 0.3) is 0 Å². The minimum Gasteiger partial charge on any atom is -0.356 e. The predicted octanol–water partition coefficient (Wildman–Crippen LogP) is 3.17. The number of allylic oxidation sites excluding steroid dienone is 2. The third-order valence-corrected chi connectivity index (χ3v) is 2.38. The smallest absolute Gasteiger partial charge is 0.118 e. The second-order valence-corrected chi connectivity index (χ2v) is 3.32. The molecule has 1 aromatic carbocycles.